The van der Waals surface area contributed by atoms with E-state index >= 15 is 0 Å². The van der Waals surface area contributed by atoms with Gasteiger partial charge in [-0.3, -0.25) is 4.79 Å². The summed E-state index contributed by atoms with van der Waals surface area (Å²) in [6, 6.07) is 4.81. The first-order valence-electron chi connectivity index (χ1n) is 3.82. The van der Waals surface area contributed by atoms with Gasteiger partial charge in [0.2, 0.25) is 0 Å². The molecule has 0 bridgehead atoms. The molecule has 0 aliphatic carbocycles. The van der Waals surface area contributed by atoms with E-state index in [1.165, 1.54) is 28.8 Å². The molecule has 68 valence electrons. The van der Waals surface area contributed by atoms with Gasteiger partial charge in [-0.25, -0.2) is 4.39 Å². The summed E-state index contributed by atoms with van der Waals surface area (Å²) in [5.41, 5.74) is 0.520. The third-order valence-corrected chi connectivity index (χ3v) is 2.86. The second kappa shape index (κ2) is 3.20. The number of carbonyl (C=O) groups excluding carboxylic acids is 1. The molecule has 0 unspecified atom stereocenters. The molecule has 0 spiro atoms. The van der Waals surface area contributed by atoms with E-state index in [0.717, 1.165) is 0 Å². The van der Waals surface area contributed by atoms with Crippen molar-refractivity contribution in [3.63, 3.8) is 0 Å². The van der Waals surface area contributed by atoms with Crippen LogP contribution in [0.4, 0.5) is 4.39 Å². The molecule has 0 N–H and O–H groups in total. The molecule has 0 aliphatic heterocycles. The SMILES string of the molecule is N#Cc1cc2c(F)csc2cc1C=O. The van der Waals surface area contributed by atoms with Gasteiger partial charge < -0.3 is 0 Å². The van der Waals surface area contributed by atoms with Gasteiger partial charge in [0.15, 0.2) is 6.29 Å². The molecule has 1 aromatic carbocycles. The van der Waals surface area contributed by atoms with Crippen molar-refractivity contribution in [3.8, 4) is 6.07 Å². The molecule has 2 nitrogen and oxygen atoms in total. The van der Waals surface area contributed by atoms with E-state index in [1.54, 1.807) is 0 Å². The molecule has 2 aromatic rings. The van der Waals surface area contributed by atoms with Crippen molar-refractivity contribution in [1.82, 2.24) is 0 Å². The Kier molecular flexibility index (Phi) is 2.02. The lowest BCUT2D eigenvalue weighted by atomic mass is 10.1. The fourth-order valence-corrected chi connectivity index (χ4v) is 2.09. The van der Waals surface area contributed by atoms with E-state index in [0.29, 0.717) is 21.9 Å². The average Bonchev–Trinajstić information content (AvgIpc) is 2.58. The second-order valence-electron chi connectivity index (χ2n) is 2.75. The highest BCUT2D eigenvalue weighted by Crippen LogP contribution is 2.27. The van der Waals surface area contributed by atoms with Gasteiger partial charge in [0.25, 0.3) is 0 Å². The van der Waals surface area contributed by atoms with Crippen molar-refractivity contribution in [2.24, 2.45) is 0 Å². The third-order valence-electron chi connectivity index (χ3n) is 1.95. The summed E-state index contributed by atoms with van der Waals surface area (Å²) in [5, 5.41) is 10.5. The molecule has 1 heterocycles. The molecule has 0 fully saturated rings. The number of aldehydes is 1. The Morgan fingerprint density at radius 1 is 1.50 bits per heavy atom. The molecular formula is C10H4FNOS. The van der Waals surface area contributed by atoms with Crippen molar-refractivity contribution in [1.29, 1.82) is 5.26 Å². The fraction of sp³-hybridized carbons (Fsp3) is 0. The van der Waals surface area contributed by atoms with Gasteiger partial charge in [-0.15, -0.1) is 11.3 Å². The first kappa shape index (κ1) is 8.85. The zero-order chi connectivity index (χ0) is 10.1. The molecule has 0 radical (unpaired) electrons. The number of hydrogen-bond acceptors (Lipinski definition) is 3. The summed E-state index contributed by atoms with van der Waals surface area (Å²) >= 11 is 1.22. The number of thiophene rings is 1. The van der Waals surface area contributed by atoms with E-state index in [1.807, 2.05) is 6.07 Å². The molecule has 0 saturated carbocycles. The number of benzene rings is 1. The molecule has 0 amide bonds. The number of hydrogen-bond donors (Lipinski definition) is 0. The molecule has 1 aromatic heterocycles. The smallest absolute Gasteiger partial charge is 0.151 e. The van der Waals surface area contributed by atoms with Crippen LogP contribution in [0, 0.1) is 17.1 Å². The second-order valence-corrected chi connectivity index (χ2v) is 3.66. The van der Waals surface area contributed by atoms with E-state index in [2.05, 4.69) is 0 Å². The van der Waals surface area contributed by atoms with Crippen LogP contribution in [-0.4, -0.2) is 6.29 Å². The first-order chi connectivity index (χ1) is 6.76. The van der Waals surface area contributed by atoms with Crippen LogP contribution in [0.3, 0.4) is 0 Å². The van der Waals surface area contributed by atoms with Gasteiger partial charge in [0, 0.05) is 21.0 Å². The molecule has 0 aliphatic rings. The zero-order valence-electron chi connectivity index (χ0n) is 6.95. The molecule has 14 heavy (non-hydrogen) atoms. The van der Waals surface area contributed by atoms with Gasteiger partial charge in [0.05, 0.1) is 11.6 Å². The highest BCUT2D eigenvalue weighted by Gasteiger charge is 2.08. The number of nitrogens with zero attached hydrogens (tertiary/aromatic N) is 1. The Balaban J connectivity index is 2.86. The van der Waals surface area contributed by atoms with Crippen molar-refractivity contribution in [3.05, 3.63) is 34.5 Å². The number of nitriles is 1. The Bertz CT molecular complexity index is 553. The quantitative estimate of drug-likeness (QED) is 0.671. The Labute approximate surface area is 83.2 Å². The summed E-state index contributed by atoms with van der Waals surface area (Å²) in [6.07, 6.45) is 0.607. The predicted octanol–water partition coefficient (Wildman–Crippen LogP) is 2.72. The van der Waals surface area contributed by atoms with Crippen LogP contribution in [0.25, 0.3) is 10.1 Å². The topological polar surface area (TPSA) is 40.9 Å². The van der Waals surface area contributed by atoms with Crippen molar-refractivity contribution >= 4 is 27.7 Å². The highest BCUT2D eigenvalue weighted by molar-refractivity contribution is 7.17. The predicted molar refractivity (Wildman–Crippen MR) is 51.9 cm³/mol. The van der Waals surface area contributed by atoms with Crippen molar-refractivity contribution in [2.75, 3.05) is 0 Å². The molecule has 2 rings (SSSR count). The van der Waals surface area contributed by atoms with Crippen LogP contribution in [0.5, 0.6) is 0 Å². The lowest BCUT2D eigenvalue weighted by Gasteiger charge is -1.95. The number of fused-ring (bicyclic) bond motifs is 1. The maximum atomic E-state index is 13.1. The van der Waals surface area contributed by atoms with Gasteiger partial charge >= 0.3 is 0 Å². The minimum absolute atomic E-state index is 0.213. The summed E-state index contributed by atoms with van der Waals surface area (Å²) in [6.45, 7) is 0. The fourth-order valence-electron chi connectivity index (χ4n) is 1.25. The minimum atomic E-state index is -0.348. The molecule has 0 atom stereocenters. The normalized spacial score (nSPS) is 10.0. The number of rotatable bonds is 1. The number of halogens is 1. The van der Waals surface area contributed by atoms with Crippen LogP contribution in [0.1, 0.15) is 15.9 Å². The van der Waals surface area contributed by atoms with Gasteiger partial charge in [-0.05, 0) is 12.1 Å². The highest BCUT2D eigenvalue weighted by atomic mass is 32.1. The van der Waals surface area contributed by atoms with E-state index < -0.39 is 0 Å². The maximum absolute atomic E-state index is 13.1. The van der Waals surface area contributed by atoms with Crippen molar-refractivity contribution < 1.29 is 9.18 Å². The van der Waals surface area contributed by atoms with Crippen LogP contribution in [0.2, 0.25) is 0 Å². The summed E-state index contributed by atoms with van der Waals surface area (Å²) in [7, 11) is 0. The van der Waals surface area contributed by atoms with Crippen LogP contribution >= 0.6 is 11.3 Å². The minimum Gasteiger partial charge on any atom is -0.298 e. The van der Waals surface area contributed by atoms with E-state index in [4.69, 9.17) is 5.26 Å². The number of carbonyl (C=O) groups is 1. The van der Waals surface area contributed by atoms with Gasteiger partial charge in [-0.1, -0.05) is 0 Å². The third kappa shape index (κ3) is 1.19. The lowest BCUT2D eigenvalue weighted by Crippen LogP contribution is -1.86. The Morgan fingerprint density at radius 2 is 2.29 bits per heavy atom. The van der Waals surface area contributed by atoms with Gasteiger partial charge in [0.1, 0.15) is 5.82 Å². The molecule has 4 heteroatoms. The maximum Gasteiger partial charge on any atom is 0.151 e. The largest absolute Gasteiger partial charge is 0.298 e. The van der Waals surface area contributed by atoms with E-state index in [-0.39, 0.29) is 11.4 Å². The Hall–Kier alpha value is -1.73. The van der Waals surface area contributed by atoms with Crippen LogP contribution in [0.15, 0.2) is 17.5 Å². The molecular weight excluding hydrogens is 201 g/mol. The Morgan fingerprint density at radius 3 is 2.93 bits per heavy atom. The average molecular weight is 205 g/mol. The van der Waals surface area contributed by atoms with Crippen LogP contribution in [-0.2, 0) is 0 Å². The van der Waals surface area contributed by atoms with Crippen LogP contribution < -0.4 is 0 Å². The van der Waals surface area contributed by atoms with Gasteiger partial charge in [-0.2, -0.15) is 5.26 Å². The summed E-state index contributed by atoms with van der Waals surface area (Å²) < 4.78 is 13.8. The lowest BCUT2D eigenvalue weighted by molar-refractivity contribution is 0.112. The summed E-state index contributed by atoms with van der Waals surface area (Å²) in [4.78, 5) is 10.6. The first-order valence-corrected chi connectivity index (χ1v) is 4.70. The van der Waals surface area contributed by atoms with E-state index in [9.17, 15) is 9.18 Å². The standard InChI is InChI=1S/C10H4FNOS/c11-9-5-14-10-2-7(4-13)6(3-12)1-8(9)10/h1-2,4-5H. The zero-order valence-corrected chi connectivity index (χ0v) is 7.77. The molecule has 0 saturated heterocycles. The summed E-state index contributed by atoms with van der Waals surface area (Å²) in [5.74, 6) is -0.348. The van der Waals surface area contributed by atoms with Crippen molar-refractivity contribution in [2.45, 2.75) is 0 Å². The monoisotopic (exact) mass is 205 g/mol.